The highest BCUT2D eigenvalue weighted by Gasteiger charge is 2.31. The van der Waals surface area contributed by atoms with Gasteiger partial charge in [-0.2, -0.15) is 0 Å². The van der Waals surface area contributed by atoms with E-state index in [1.807, 2.05) is 0 Å². The quantitative estimate of drug-likeness (QED) is 0.526. The molecule has 4 nitrogen and oxygen atoms in total. The van der Waals surface area contributed by atoms with Crippen molar-refractivity contribution in [2.75, 3.05) is 26.2 Å². The normalized spacial score (nSPS) is 22.0. The van der Waals surface area contributed by atoms with Crippen LogP contribution in [0.4, 0.5) is 0 Å². The van der Waals surface area contributed by atoms with E-state index in [9.17, 15) is 5.11 Å². The van der Waals surface area contributed by atoms with Gasteiger partial charge in [-0.3, -0.25) is 4.99 Å². The van der Waals surface area contributed by atoms with Crippen LogP contribution in [-0.2, 0) is 6.42 Å². The monoisotopic (exact) mass is 343 g/mol. The van der Waals surface area contributed by atoms with Gasteiger partial charge in [-0.1, -0.05) is 43.5 Å². The average Bonchev–Trinajstić information content (AvgIpc) is 2.61. The lowest BCUT2D eigenvalue weighted by molar-refractivity contribution is 0.137. The number of benzene rings is 1. The van der Waals surface area contributed by atoms with Crippen LogP contribution in [0.15, 0.2) is 29.3 Å². The van der Waals surface area contributed by atoms with Crippen molar-refractivity contribution in [3.05, 3.63) is 35.4 Å². The molecule has 0 amide bonds. The molecule has 0 heterocycles. The number of rotatable bonds is 7. The van der Waals surface area contributed by atoms with Crippen molar-refractivity contribution >= 4 is 5.96 Å². The Morgan fingerprint density at radius 2 is 2.00 bits per heavy atom. The molecule has 1 saturated carbocycles. The molecule has 1 atom stereocenters. The predicted octanol–water partition coefficient (Wildman–Crippen LogP) is 3.21. The Morgan fingerprint density at radius 3 is 2.72 bits per heavy atom. The van der Waals surface area contributed by atoms with Crippen LogP contribution in [-0.4, -0.2) is 37.3 Å². The molecule has 3 rings (SSSR count). The van der Waals surface area contributed by atoms with Crippen molar-refractivity contribution in [2.45, 2.75) is 57.8 Å². The Hall–Kier alpha value is -1.55. The second-order valence-corrected chi connectivity index (χ2v) is 7.71. The van der Waals surface area contributed by atoms with Crippen molar-refractivity contribution < 1.29 is 5.11 Å². The SMILES string of the molecule is CCNC(=NCC1(CCO)CCCCC1)NCC1Cc2ccccc21. The molecule has 0 bridgehead atoms. The van der Waals surface area contributed by atoms with E-state index in [0.717, 1.165) is 38.4 Å². The van der Waals surface area contributed by atoms with E-state index in [2.05, 4.69) is 41.8 Å². The third-order valence-electron chi connectivity index (χ3n) is 5.95. The van der Waals surface area contributed by atoms with Gasteiger partial charge in [-0.15, -0.1) is 0 Å². The summed E-state index contributed by atoms with van der Waals surface area (Å²) in [5, 5.41) is 16.4. The molecule has 0 spiro atoms. The molecule has 1 unspecified atom stereocenters. The van der Waals surface area contributed by atoms with Crippen molar-refractivity contribution in [1.29, 1.82) is 0 Å². The van der Waals surface area contributed by atoms with Crippen LogP contribution < -0.4 is 10.6 Å². The van der Waals surface area contributed by atoms with E-state index in [-0.39, 0.29) is 12.0 Å². The first-order chi connectivity index (χ1) is 12.3. The number of guanidine groups is 1. The molecule has 0 aliphatic heterocycles. The third kappa shape index (κ3) is 4.55. The lowest BCUT2D eigenvalue weighted by atomic mass is 9.72. The number of aliphatic hydroxyl groups excluding tert-OH is 1. The van der Waals surface area contributed by atoms with Crippen molar-refractivity contribution in [3.63, 3.8) is 0 Å². The van der Waals surface area contributed by atoms with Gasteiger partial charge in [0.15, 0.2) is 5.96 Å². The summed E-state index contributed by atoms with van der Waals surface area (Å²) >= 11 is 0. The van der Waals surface area contributed by atoms with Crippen molar-refractivity contribution in [2.24, 2.45) is 10.4 Å². The molecule has 3 N–H and O–H groups in total. The maximum absolute atomic E-state index is 9.48. The van der Waals surface area contributed by atoms with E-state index in [1.54, 1.807) is 0 Å². The van der Waals surface area contributed by atoms with Gasteiger partial charge < -0.3 is 15.7 Å². The Labute approximate surface area is 152 Å². The summed E-state index contributed by atoms with van der Waals surface area (Å²) in [7, 11) is 0. The molecular formula is C21H33N3O. The molecule has 2 aliphatic carbocycles. The average molecular weight is 344 g/mol. The molecular weight excluding hydrogens is 310 g/mol. The minimum atomic E-state index is 0.207. The fourth-order valence-corrected chi connectivity index (χ4v) is 4.38. The van der Waals surface area contributed by atoms with Crippen LogP contribution in [0.5, 0.6) is 0 Å². The first kappa shape index (κ1) is 18.2. The van der Waals surface area contributed by atoms with E-state index in [1.165, 1.54) is 43.2 Å². The number of fused-ring (bicyclic) bond motifs is 1. The van der Waals surface area contributed by atoms with Gasteiger partial charge in [-0.25, -0.2) is 0 Å². The molecule has 1 fully saturated rings. The van der Waals surface area contributed by atoms with Crippen LogP contribution in [0.3, 0.4) is 0 Å². The van der Waals surface area contributed by atoms with Crippen LogP contribution in [0.2, 0.25) is 0 Å². The molecule has 1 aromatic carbocycles. The highest BCUT2D eigenvalue weighted by Crippen LogP contribution is 2.39. The minimum absolute atomic E-state index is 0.207. The van der Waals surface area contributed by atoms with E-state index in [0.29, 0.717) is 5.92 Å². The fourth-order valence-electron chi connectivity index (χ4n) is 4.38. The highest BCUT2D eigenvalue weighted by molar-refractivity contribution is 5.79. The topological polar surface area (TPSA) is 56.7 Å². The molecule has 0 saturated heterocycles. The molecule has 138 valence electrons. The van der Waals surface area contributed by atoms with Gasteiger partial charge in [0.2, 0.25) is 0 Å². The van der Waals surface area contributed by atoms with E-state index < -0.39 is 0 Å². The Morgan fingerprint density at radius 1 is 1.20 bits per heavy atom. The van der Waals surface area contributed by atoms with Gasteiger partial charge in [0.1, 0.15) is 0 Å². The number of nitrogens with zero attached hydrogens (tertiary/aromatic N) is 1. The predicted molar refractivity (Wildman–Crippen MR) is 104 cm³/mol. The Bertz CT molecular complexity index is 573. The van der Waals surface area contributed by atoms with Crippen LogP contribution >= 0.6 is 0 Å². The summed E-state index contributed by atoms with van der Waals surface area (Å²) in [6.45, 7) is 5.03. The number of aliphatic hydroxyl groups is 1. The zero-order valence-corrected chi connectivity index (χ0v) is 15.6. The summed E-state index contributed by atoms with van der Waals surface area (Å²) in [6.07, 6.45) is 8.33. The molecule has 2 aliphatic rings. The smallest absolute Gasteiger partial charge is 0.191 e. The highest BCUT2D eigenvalue weighted by atomic mass is 16.3. The zero-order chi connectivity index (χ0) is 17.5. The summed E-state index contributed by atoms with van der Waals surface area (Å²) < 4.78 is 0. The zero-order valence-electron chi connectivity index (χ0n) is 15.6. The first-order valence-corrected chi connectivity index (χ1v) is 9.97. The Kier molecular flexibility index (Phi) is 6.35. The number of aliphatic imine (C=N–C) groups is 1. The fraction of sp³-hybridized carbons (Fsp3) is 0.667. The number of hydrogen-bond donors (Lipinski definition) is 3. The number of nitrogens with one attached hydrogen (secondary N) is 2. The number of hydrogen-bond acceptors (Lipinski definition) is 2. The Balaban J connectivity index is 1.57. The van der Waals surface area contributed by atoms with Crippen molar-refractivity contribution in [3.8, 4) is 0 Å². The standard InChI is InChI=1S/C21H33N3O/c1-2-22-20(23-15-18-14-17-8-4-5-9-19(17)18)24-16-21(12-13-25)10-6-3-7-11-21/h4-5,8-9,18,25H,2-3,6-7,10-16H2,1H3,(H2,22,23,24). The summed E-state index contributed by atoms with van der Waals surface area (Å²) in [5.41, 5.74) is 3.17. The second-order valence-electron chi connectivity index (χ2n) is 7.71. The molecule has 1 aromatic rings. The van der Waals surface area contributed by atoms with Crippen LogP contribution in [0, 0.1) is 5.41 Å². The largest absolute Gasteiger partial charge is 0.396 e. The maximum Gasteiger partial charge on any atom is 0.191 e. The van der Waals surface area contributed by atoms with Gasteiger partial charge in [-0.05, 0) is 49.1 Å². The van der Waals surface area contributed by atoms with Crippen molar-refractivity contribution in [1.82, 2.24) is 10.6 Å². The molecule has 25 heavy (non-hydrogen) atoms. The lowest BCUT2D eigenvalue weighted by Gasteiger charge is -2.36. The molecule has 0 aromatic heterocycles. The molecule has 4 heteroatoms. The van der Waals surface area contributed by atoms with Gasteiger partial charge >= 0.3 is 0 Å². The lowest BCUT2D eigenvalue weighted by Crippen LogP contribution is -2.42. The van der Waals surface area contributed by atoms with Crippen LogP contribution in [0.25, 0.3) is 0 Å². The van der Waals surface area contributed by atoms with Gasteiger partial charge in [0.25, 0.3) is 0 Å². The first-order valence-electron chi connectivity index (χ1n) is 9.97. The van der Waals surface area contributed by atoms with Crippen LogP contribution in [0.1, 0.15) is 62.5 Å². The van der Waals surface area contributed by atoms with E-state index in [4.69, 9.17) is 4.99 Å². The molecule has 0 radical (unpaired) electrons. The summed E-state index contributed by atoms with van der Waals surface area (Å²) in [5.74, 6) is 1.52. The third-order valence-corrected chi connectivity index (χ3v) is 5.95. The van der Waals surface area contributed by atoms with Gasteiger partial charge in [0, 0.05) is 32.2 Å². The maximum atomic E-state index is 9.48. The summed E-state index contributed by atoms with van der Waals surface area (Å²) in [6, 6.07) is 8.73. The summed E-state index contributed by atoms with van der Waals surface area (Å²) in [4.78, 5) is 4.90. The van der Waals surface area contributed by atoms with E-state index >= 15 is 0 Å². The second kappa shape index (κ2) is 8.70. The minimum Gasteiger partial charge on any atom is -0.396 e. The van der Waals surface area contributed by atoms with Gasteiger partial charge in [0.05, 0.1) is 0 Å².